The van der Waals surface area contributed by atoms with Crippen molar-refractivity contribution in [1.82, 2.24) is 9.80 Å². The van der Waals surface area contributed by atoms with E-state index in [0.29, 0.717) is 39.5 Å². The molecule has 2 aromatic carbocycles. The van der Waals surface area contributed by atoms with Gasteiger partial charge in [-0.25, -0.2) is 0 Å². The van der Waals surface area contributed by atoms with Gasteiger partial charge in [0.25, 0.3) is 0 Å². The zero-order chi connectivity index (χ0) is 21.0. The van der Waals surface area contributed by atoms with Crippen molar-refractivity contribution < 1.29 is 19.0 Å². The van der Waals surface area contributed by atoms with Crippen molar-refractivity contribution in [2.45, 2.75) is 31.3 Å². The van der Waals surface area contributed by atoms with Crippen LogP contribution in [-0.2, 0) is 9.53 Å². The predicted octanol–water partition coefficient (Wildman–Crippen LogP) is 3.58. The van der Waals surface area contributed by atoms with E-state index >= 15 is 0 Å². The van der Waals surface area contributed by atoms with E-state index in [9.17, 15) is 4.79 Å². The van der Waals surface area contributed by atoms with E-state index in [0.717, 1.165) is 42.9 Å². The second kappa shape index (κ2) is 9.28. The molecule has 2 aromatic rings. The van der Waals surface area contributed by atoms with Gasteiger partial charge in [0.05, 0.1) is 26.4 Å². The maximum absolute atomic E-state index is 13.7. The molecule has 0 saturated carbocycles. The van der Waals surface area contributed by atoms with Crippen molar-refractivity contribution in [2.75, 3.05) is 46.1 Å². The standard InChI is InChI=1S/C25H30N2O4/c28-25(26-12-16-29-17-13-26)24(19-6-2-1-3-7-19)27-11-4-8-21(27)20-9-10-22-23(18-20)31-15-5-14-30-22/h1-3,6-7,9-10,18,21,24H,4-5,8,11-17H2. The first-order valence-electron chi connectivity index (χ1n) is 11.4. The summed E-state index contributed by atoms with van der Waals surface area (Å²) in [5.74, 6) is 1.81. The summed E-state index contributed by atoms with van der Waals surface area (Å²) >= 11 is 0. The molecule has 2 atom stereocenters. The third kappa shape index (κ3) is 4.27. The highest BCUT2D eigenvalue weighted by atomic mass is 16.5. The minimum atomic E-state index is -0.289. The van der Waals surface area contributed by atoms with Crippen LogP contribution in [0.5, 0.6) is 11.5 Å². The molecule has 3 heterocycles. The Labute approximate surface area is 183 Å². The molecule has 6 nitrogen and oxygen atoms in total. The number of likely N-dealkylation sites (tertiary alicyclic amines) is 1. The number of hydrogen-bond acceptors (Lipinski definition) is 5. The zero-order valence-electron chi connectivity index (χ0n) is 17.9. The molecule has 5 rings (SSSR count). The van der Waals surface area contributed by atoms with E-state index in [-0.39, 0.29) is 18.0 Å². The number of carbonyl (C=O) groups excluding carboxylic acids is 1. The van der Waals surface area contributed by atoms with Crippen molar-refractivity contribution in [3.05, 3.63) is 59.7 Å². The van der Waals surface area contributed by atoms with Crippen molar-refractivity contribution in [3.63, 3.8) is 0 Å². The minimum Gasteiger partial charge on any atom is -0.490 e. The number of nitrogens with zero attached hydrogens (tertiary/aromatic N) is 2. The van der Waals surface area contributed by atoms with Crippen molar-refractivity contribution in [3.8, 4) is 11.5 Å². The van der Waals surface area contributed by atoms with Crippen LogP contribution in [0.3, 0.4) is 0 Å². The van der Waals surface area contributed by atoms with Crippen LogP contribution in [0.25, 0.3) is 0 Å². The van der Waals surface area contributed by atoms with Gasteiger partial charge in [-0.05, 0) is 42.6 Å². The normalized spacial score (nSPS) is 22.7. The molecule has 2 saturated heterocycles. The molecule has 0 spiro atoms. The first kappa shape index (κ1) is 20.3. The summed E-state index contributed by atoms with van der Waals surface area (Å²) in [7, 11) is 0. The first-order chi connectivity index (χ1) is 15.3. The molecule has 3 aliphatic heterocycles. The first-order valence-corrected chi connectivity index (χ1v) is 11.4. The molecule has 2 fully saturated rings. The number of fused-ring (bicyclic) bond motifs is 1. The Hall–Kier alpha value is -2.57. The average molecular weight is 423 g/mol. The maximum atomic E-state index is 13.7. The van der Waals surface area contributed by atoms with Crippen LogP contribution in [0.1, 0.15) is 42.5 Å². The lowest BCUT2D eigenvalue weighted by atomic mass is 9.98. The molecule has 3 aliphatic rings. The Bertz CT molecular complexity index is 898. The van der Waals surface area contributed by atoms with E-state index in [2.05, 4.69) is 29.2 Å². The van der Waals surface area contributed by atoms with E-state index in [1.165, 1.54) is 5.56 Å². The van der Waals surface area contributed by atoms with E-state index in [1.54, 1.807) is 0 Å². The SMILES string of the molecule is O=C(C(c1ccccc1)N1CCCC1c1ccc2c(c1)OCCCO2)N1CCOCC1. The number of rotatable bonds is 4. The maximum Gasteiger partial charge on any atom is 0.244 e. The molecular formula is C25H30N2O4. The summed E-state index contributed by atoms with van der Waals surface area (Å²) in [4.78, 5) is 18.1. The summed E-state index contributed by atoms with van der Waals surface area (Å²) in [5.41, 5.74) is 2.25. The Balaban J connectivity index is 1.47. The van der Waals surface area contributed by atoms with Crippen LogP contribution >= 0.6 is 0 Å². The van der Waals surface area contributed by atoms with Gasteiger partial charge in [0.1, 0.15) is 6.04 Å². The van der Waals surface area contributed by atoms with Gasteiger partial charge < -0.3 is 19.1 Å². The van der Waals surface area contributed by atoms with Crippen molar-refractivity contribution >= 4 is 5.91 Å². The van der Waals surface area contributed by atoms with Crippen LogP contribution < -0.4 is 9.47 Å². The minimum absolute atomic E-state index is 0.173. The van der Waals surface area contributed by atoms with Gasteiger partial charge in [-0.15, -0.1) is 0 Å². The number of hydrogen-bond donors (Lipinski definition) is 0. The van der Waals surface area contributed by atoms with Crippen molar-refractivity contribution in [2.24, 2.45) is 0 Å². The Morgan fingerprint density at radius 1 is 0.871 bits per heavy atom. The second-order valence-corrected chi connectivity index (χ2v) is 8.40. The fourth-order valence-corrected chi connectivity index (χ4v) is 4.91. The molecule has 1 amide bonds. The van der Waals surface area contributed by atoms with Crippen LogP contribution in [0.2, 0.25) is 0 Å². The molecule has 2 unspecified atom stereocenters. The van der Waals surface area contributed by atoms with Gasteiger partial charge in [-0.3, -0.25) is 9.69 Å². The van der Waals surface area contributed by atoms with Gasteiger partial charge >= 0.3 is 0 Å². The number of morpholine rings is 1. The number of benzene rings is 2. The molecule has 164 valence electrons. The second-order valence-electron chi connectivity index (χ2n) is 8.40. The molecule has 31 heavy (non-hydrogen) atoms. The highest BCUT2D eigenvalue weighted by Gasteiger charge is 2.39. The lowest BCUT2D eigenvalue weighted by Gasteiger charge is -2.37. The van der Waals surface area contributed by atoms with Crippen molar-refractivity contribution in [1.29, 1.82) is 0 Å². The molecule has 0 aromatic heterocycles. The van der Waals surface area contributed by atoms with Gasteiger partial charge in [-0.2, -0.15) is 0 Å². The summed E-state index contributed by atoms with van der Waals surface area (Å²) < 4.78 is 17.2. The fraction of sp³-hybridized carbons (Fsp3) is 0.480. The Morgan fingerprint density at radius 3 is 2.45 bits per heavy atom. The highest BCUT2D eigenvalue weighted by Crippen LogP contribution is 2.42. The summed E-state index contributed by atoms with van der Waals surface area (Å²) in [6, 6.07) is 16.4. The lowest BCUT2D eigenvalue weighted by Crippen LogP contribution is -2.47. The summed E-state index contributed by atoms with van der Waals surface area (Å²) in [5, 5.41) is 0. The number of carbonyl (C=O) groups is 1. The molecule has 0 radical (unpaired) electrons. The fourth-order valence-electron chi connectivity index (χ4n) is 4.91. The summed E-state index contributed by atoms with van der Waals surface area (Å²) in [6.07, 6.45) is 2.99. The topological polar surface area (TPSA) is 51.2 Å². The highest BCUT2D eigenvalue weighted by molar-refractivity contribution is 5.83. The quantitative estimate of drug-likeness (QED) is 0.754. The van der Waals surface area contributed by atoms with Crippen LogP contribution in [0, 0.1) is 0 Å². The number of ether oxygens (including phenoxy) is 3. The smallest absolute Gasteiger partial charge is 0.244 e. The molecule has 6 heteroatoms. The Morgan fingerprint density at radius 2 is 1.65 bits per heavy atom. The van der Waals surface area contributed by atoms with Crippen LogP contribution in [0.4, 0.5) is 0 Å². The molecular weight excluding hydrogens is 392 g/mol. The van der Waals surface area contributed by atoms with Crippen LogP contribution in [0.15, 0.2) is 48.5 Å². The molecule has 0 aliphatic carbocycles. The van der Waals surface area contributed by atoms with Gasteiger partial charge in [-0.1, -0.05) is 36.4 Å². The average Bonchev–Trinajstić information content (AvgIpc) is 3.17. The monoisotopic (exact) mass is 422 g/mol. The predicted molar refractivity (Wildman–Crippen MR) is 117 cm³/mol. The Kier molecular flexibility index (Phi) is 6.09. The van der Waals surface area contributed by atoms with E-state index in [1.807, 2.05) is 29.2 Å². The molecule has 0 bridgehead atoms. The zero-order valence-corrected chi connectivity index (χ0v) is 17.9. The van der Waals surface area contributed by atoms with Gasteiger partial charge in [0.15, 0.2) is 11.5 Å². The third-order valence-electron chi connectivity index (χ3n) is 6.45. The van der Waals surface area contributed by atoms with Gasteiger partial charge in [0, 0.05) is 25.6 Å². The summed E-state index contributed by atoms with van der Waals surface area (Å²) in [6.45, 7) is 4.79. The van der Waals surface area contributed by atoms with Gasteiger partial charge in [0.2, 0.25) is 5.91 Å². The lowest BCUT2D eigenvalue weighted by molar-refractivity contribution is -0.142. The molecule has 0 N–H and O–H groups in total. The van der Waals surface area contributed by atoms with E-state index in [4.69, 9.17) is 14.2 Å². The van der Waals surface area contributed by atoms with Crippen LogP contribution in [-0.4, -0.2) is 61.8 Å². The third-order valence-corrected chi connectivity index (χ3v) is 6.45. The van der Waals surface area contributed by atoms with E-state index < -0.39 is 0 Å². The number of amides is 1. The largest absolute Gasteiger partial charge is 0.490 e.